The highest BCUT2D eigenvalue weighted by Crippen LogP contribution is 2.18. The minimum Gasteiger partial charge on any atom is -0.354 e. The molecule has 0 saturated heterocycles. The van der Waals surface area contributed by atoms with Crippen molar-refractivity contribution in [3.8, 4) is 0 Å². The summed E-state index contributed by atoms with van der Waals surface area (Å²) in [5.41, 5.74) is 1.09. The zero-order valence-electron chi connectivity index (χ0n) is 10.7. The molecular weight excluding hydrogens is 212 g/mol. The molecule has 1 rings (SSSR count). The van der Waals surface area contributed by atoms with Gasteiger partial charge in [0.2, 0.25) is 5.91 Å². The van der Waals surface area contributed by atoms with Crippen LogP contribution in [0.15, 0.2) is 30.3 Å². The molecule has 3 heteroatoms. The molecule has 0 aliphatic carbocycles. The van der Waals surface area contributed by atoms with Gasteiger partial charge in [0.05, 0.1) is 5.92 Å². The van der Waals surface area contributed by atoms with Crippen LogP contribution in [0.25, 0.3) is 0 Å². The molecule has 94 valence electrons. The summed E-state index contributed by atoms with van der Waals surface area (Å²) in [5, 5.41) is 6.15. The van der Waals surface area contributed by atoms with Crippen LogP contribution in [-0.4, -0.2) is 25.5 Å². The van der Waals surface area contributed by atoms with Crippen LogP contribution in [0, 0.1) is 0 Å². The lowest BCUT2D eigenvalue weighted by molar-refractivity contribution is -0.122. The Balaban J connectivity index is 2.48. The third-order valence-corrected chi connectivity index (χ3v) is 2.78. The molecule has 0 radical (unpaired) electrons. The minimum absolute atomic E-state index is 0.0298. The molecule has 0 spiro atoms. The summed E-state index contributed by atoms with van der Waals surface area (Å²) in [4.78, 5) is 12.0. The van der Waals surface area contributed by atoms with Crippen LogP contribution >= 0.6 is 0 Å². The Morgan fingerprint density at radius 2 is 1.88 bits per heavy atom. The van der Waals surface area contributed by atoms with Gasteiger partial charge in [-0.1, -0.05) is 44.2 Å². The molecule has 1 aromatic carbocycles. The van der Waals surface area contributed by atoms with Crippen molar-refractivity contribution in [3.05, 3.63) is 35.9 Å². The molecule has 1 atom stereocenters. The van der Waals surface area contributed by atoms with E-state index in [1.54, 1.807) is 0 Å². The Morgan fingerprint density at radius 1 is 1.18 bits per heavy atom. The first-order valence-corrected chi connectivity index (χ1v) is 6.33. The van der Waals surface area contributed by atoms with Crippen LogP contribution in [0.4, 0.5) is 0 Å². The molecule has 1 aromatic rings. The number of hydrogen-bond donors (Lipinski definition) is 2. The highest BCUT2D eigenvalue weighted by Gasteiger charge is 2.17. The number of nitrogens with one attached hydrogen (secondary N) is 2. The number of likely N-dealkylation sites (N-methyl/N-ethyl adjacent to an activating group) is 1. The van der Waals surface area contributed by atoms with Gasteiger partial charge in [-0.3, -0.25) is 4.79 Å². The quantitative estimate of drug-likeness (QED) is 0.708. The largest absolute Gasteiger partial charge is 0.354 e. The molecule has 0 bridgehead atoms. The van der Waals surface area contributed by atoms with Crippen molar-refractivity contribution >= 4 is 5.91 Å². The Bertz CT molecular complexity index is 324. The molecule has 0 saturated carbocycles. The van der Waals surface area contributed by atoms with Gasteiger partial charge in [-0.05, 0) is 18.5 Å². The average Bonchev–Trinajstić information content (AvgIpc) is 2.37. The zero-order valence-corrected chi connectivity index (χ0v) is 10.7. The number of carbonyl (C=O) groups excluding carboxylic acids is 1. The van der Waals surface area contributed by atoms with Crippen molar-refractivity contribution < 1.29 is 4.79 Å². The van der Waals surface area contributed by atoms with E-state index in [0.717, 1.165) is 25.1 Å². The third kappa shape index (κ3) is 4.57. The Hall–Kier alpha value is -1.35. The van der Waals surface area contributed by atoms with Gasteiger partial charge in [0, 0.05) is 13.1 Å². The topological polar surface area (TPSA) is 41.1 Å². The SMILES string of the molecule is CCNCCNC(=O)C(CC)c1ccccc1. The monoisotopic (exact) mass is 234 g/mol. The van der Waals surface area contributed by atoms with E-state index in [2.05, 4.69) is 17.6 Å². The predicted octanol–water partition coefficient (Wildman–Crippen LogP) is 1.91. The van der Waals surface area contributed by atoms with Crippen LogP contribution in [-0.2, 0) is 4.79 Å². The second-order valence-electron chi connectivity index (χ2n) is 4.02. The summed E-state index contributed by atoms with van der Waals surface area (Å²) in [5.74, 6) is 0.0921. The highest BCUT2D eigenvalue weighted by molar-refractivity contribution is 5.83. The number of hydrogen-bond acceptors (Lipinski definition) is 2. The summed E-state index contributed by atoms with van der Waals surface area (Å²) >= 11 is 0. The van der Waals surface area contributed by atoms with Gasteiger partial charge in [0.15, 0.2) is 0 Å². The van der Waals surface area contributed by atoms with Crippen molar-refractivity contribution in [1.29, 1.82) is 0 Å². The molecule has 3 nitrogen and oxygen atoms in total. The molecule has 1 amide bonds. The zero-order chi connectivity index (χ0) is 12.5. The van der Waals surface area contributed by atoms with Gasteiger partial charge in [0.1, 0.15) is 0 Å². The molecule has 1 unspecified atom stereocenters. The number of rotatable bonds is 7. The molecule has 2 N–H and O–H groups in total. The van der Waals surface area contributed by atoms with E-state index >= 15 is 0 Å². The van der Waals surface area contributed by atoms with Crippen LogP contribution < -0.4 is 10.6 Å². The van der Waals surface area contributed by atoms with Crippen LogP contribution in [0.3, 0.4) is 0 Å². The van der Waals surface area contributed by atoms with E-state index in [0.29, 0.717) is 6.54 Å². The summed E-state index contributed by atoms with van der Waals surface area (Å²) in [6.45, 7) is 6.55. The average molecular weight is 234 g/mol. The molecule has 0 aliphatic rings. The van der Waals surface area contributed by atoms with Gasteiger partial charge in [-0.25, -0.2) is 0 Å². The van der Waals surface area contributed by atoms with Crippen LogP contribution in [0.2, 0.25) is 0 Å². The second kappa shape index (κ2) is 7.85. The van der Waals surface area contributed by atoms with Gasteiger partial charge < -0.3 is 10.6 Å². The Kier molecular flexibility index (Phi) is 6.33. The van der Waals surface area contributed by atoms with Gasteiger partial charge >= 0.3 is 0 Å². The maximum absolute atomic E-state index is 12.0. The van der Waals surface area contributed by atoms with Crippen molar-refractivity contribution in [2.24, 2.45) is 0 Å². The fraction of sp³-hybridized carbons (Fsp3) is 0.500. The highest BCUT2D eigenvalue weighted by atomic mass is 16.1. The Labute approximate surface area is 104 Å². The normalized spacial score (nSPS) is 12.1. The van der Waals surface area contributed by atoms with Gasteiger partial charge in [0.25, 0.3) is 0 Å². The molecule has 0 aromatic heterocycles. The third-order valence-electron chi connectivity index (χ3n) is 2.78. The second-order valence-corrected chi connectivity index (χ2v) is 4.02. The first-order chi connectivity index (χ1) is 8.29. The van der Waals surface area contributed by atoms with E-state index in [-0.39, 0.29) is 11.8 Å². The van der Waals surface area contributed by atoms with Crippen LogP contribution in [0.1, 0.15) is 31.7 Å². The molecule has 17 heavy (non-hydrogen) atoms. The van der Waals surface area contributed by atoms with Crippen molar-refractivity contribution in [2.45, 2.75) is 26.2 Å². The van der Waals surface area contributed by atoms with E-state index in [9.17, 15) is 4.79 Å². The summed E-state index contributed by atoms with van der Waals surface area (Å²) in [6.07, 6.45) is 0.830. The standard InChI is InChI=1S/C14H22N2O/c1-3-13(12-8-6-5-7-9-12)14(17)16-11-10-15-4-2/h5-9,13,15H,3-4,10-11H2,1-2H3,(H,16,17). The molecular formula is C14H22N2O. The van der Waals surface area contributed by atoms with Crippen molar-refractivity contribution in [1.82, 2.24) is 10.6 Å². The summed E-state index contributed by atoms with van der Waals surface area (Å²) < 4.78 is 0. The number of amides is 1. The predicted molar refractivity (Wildman–Crippen MR) is 71.0 cm³/mol. The van der Waals surface area contributed by atoms with Crippen LogP contribution in [0.5, 0.6) is 0 Å². The molecule has 0 aliphatic heterocycles. The van der Waals surface area contributed by atoms with E-state index in [4.69, 9.17) is 0 Å². The lowest BCUT2D eigenvalue weighted by Crippen LogP contribution is -2.34. The van der Waals surface area contributed by atoms with Crippen molar-refractivity contribution in [2.75, 3.05) is 19.6 Å². The lowest BCUT2D eigenvalue weighted by atomic mass is 9.96. The maximum Gasteiger partial charge on any atom is 0.227 e. The van der Waals surface area contributed by atoms with Gasteiger partial charge in [-0.15, -0.1) is 0 Å². The Morgan fingerprint density at radius 3 is 2.47 bits per heavy atom. The maximum atomic E-state index is 12.0. The van der Waals surface area contributed by atoms with Gasteiger partial charge in [-0.2, -0.15) is 0 Å². The first kappa shape index (κ1) is 13.7. The lowest BCUT2D eigenvalue weighted by Gasteiger charge is -2.15. The first-order valence-electron chi connectivity index (χ1n) is 6.33. The number of benzene rings is 1. The van der Waals surface area contributed by atoms with E-state index in [1.807, 2.05) is 37.3 Å². The fourth-order valence-electron chi connectivity index (χ4n) is 1.83. The number of carbonyl (C=O) groups is 1. The van der Waals surface area contributed by atoms with E-state index < -0.39 is 0 Å². The summed E-state index contributed by atoms with van der Waals surface area (Å²) in [6, 6.07) is 9.95. The minimum atomic E-state index is -0.0298. The van der Waals surface area contributed by atoms with Crippen molar-refractivity contribution in [3.63, 3.8) is 0 Å². The fourth-order valence-corrected chi connectivity index (χ4v) is 1.83. The molecule has 0 fully saturated rings. The summed E-state index contributed by atoms with van der Waals surface area (Å²) in [7, 11) is 0. The molecule has 0 heterocycles. The van der Waals surface area contributed by atoms with E-state index in [1.165, 1.54) is 0 Å². The smallest absolute Gasteiger partial charge is 0.227 e.